The van der Waals surface area contributed by atoms with Crippen LogP contribution in [0.5, 0.6) is 5.75 Å². The van der Waals surface area contributed by atoms with Crippen LogP contribution in [0.15, 0.2) is 12.1 Å². The van der Waals surface area contributed by atoms with Crippen molar-refractivity contribution in [2.45, 2.75) is 32.0 Å². The predicted molar refractivity (Wildman–Crippen MR) is 91.8 cm³/mol. The van der Waals surface area contributed by atoms with Gasteiger partial charge in [0.2, 0.25) is 0 Å². The van der Waals surface area contributed by atoms with E-state index in [1.165, 1.54) is 7.11 Å². The number of ether oxygens (including phenoxy) is 2. The molecule has 1 fully saturated rings. The van der Waals surface area contributed by atoms with Gasteiger partial charge in [-0.15, -0.1) is 0 Å². The fourth-order valence-electron chi connectivity index (χ4n) is 2.74. The topological polar surface area (TPSA) is 50.8 Å². The summed E-state index contributed by atoms with van der Waals surface area (Å²) in [7, 11) is 3.14. The molecule has 0 spiro atoms. The molecule has 5 nitrogen and oxygen atoms in total. The van der Waals surface area contributed by atoms with Crippen molar-refractivity contribution in [2.75, 3.05) is 27.3 Å². The van der Waals surface area contributed by atoms with E-state index in [1.807, 2.05) is 0 Å². The van der Waals surface area contributed by atoms with E-state index in [4.69, 9.17) is 32.7 Å². The number of likely N-dealkylation sites (tertiary alicyclic amines) is 1. The van der Waals surface area contributed by atoms with E-state index < -0.39 is 0 Å². The van der Waals surface area contributed by atoms with Gasteiger partial charge in [0.15, 0.2) is 5.75 Å². The highest BCUT2D eigenvalue weighted by atomic mass is 35.5. The van der Waals surface area contributed by atoms with Crippen molar-refractivity contribution >= 4 is 29.1 Å². The highest BCUT2D eigenvalue weighted by molar-refractivity contribution is 6.37. The Kier molecular flexibility index (Phi) is 6.14. The van der Waals surface area contributed by atoms with Crippen LogP contribution in [0, 0.1) is 0 Å². The number of hydrogen-bond donors (Lipinski definition) is 1. The van der Waals surface area contributed by atoms with Crippen molar-refractivity contribution in [1.29, 1.82) is 0 Å². The van der Waals surface area contributed by atoms with Gasteiger partial charge in [-0.25, -0.2) is 0 Å². The Bertz CT molecular complexity index is 557. The summed E-state index contributed by atoms with van der Waals surface area (Å²) < 4.78 is 10.6. The summed E-state index contributed by atoms with van der Waals surface area (Å²) in [6.07, 6.45) is -0.0365. The summed E-state index contributed by atoms with van der Waals surface area (Å²) in [6, 6.07) is 3.44. The number of rotatable bonds is 5. The molecule has 128 valence electrons. The Morgan fingerprint density at radius 1 is 1.26 bits per heavy atom. The van der Waals surface area contributed by atoms with Crippen LogP contribution in [0.25, 0.3) is 0 Å². The van der Waals surface area contributed by atoms with Crippen LogP contribution < -0.4 is 10.1 Å². The van der Waals surface area contributed by atoms with Gasteiger partial charge in [-0.05, 0) is 26.0 Å². The number of nitrogens with zero attached hydrogens (tertiary/aromatic N) is 1. The molecule has 2 atom stereocenters. The van der Waals surface area contributed by atoms with Crippen LogP contribution in [0.1, 0.15) is 24.2 Å². The van der Waals surface area contributed by atoms with E-state index in [0.717, 1.165) is 13.1 Å². The lowest BCUT2D eigenvalue weighted by Gasteiger charge is -2.20. The van der Waals surface area contributed by atoms with E-state index >= 15 is 0 Å². The van der Waals surface area contributed by atoms with E-state index in [2.05, 4.69) is 24.1 Å². The third-order valence-electron chi connectivity index (χ3n) is 4.11. The standard InChI is InChI=1S/C16H22Cl2N2O3/c1-9(2)20-7-13(14(8-20)22-3)19-16(21)10-5-11(17)15(23-4)12(18)6-10/h5-6,9,13-14H,7-8H2,1-4H3,(H,19,21)/t13-,14-/m1/s1. The number of halogens is 2. The summed E-state index contributed by atoms with van der Waals surface area (Å²) in [4.78, 5) is 14.8. The lowest BCUT2D eigenvalue weighted by Crippen LogP contribution is -2.43. The molecular weight excluding hydrogens is 339 g/mol. The maximum absolute atomic E-state index is 12.5. The van der Waals surface area contributed by atoms with Crippen molar-refractivity contribution < 1.29 is 14.3 Å². The molecule has 1 N–H and O–H groups in total. The number of carbonyl (C=O) groups excluding carboxylic acids is 1. The number of hydrogen-bond acceptors (Lipinski definition) is 4. The predicted octanol–water partition coefficient (Wildman–Crippen LogP) is 2.84. The SMILES string of the molecule is COc1c(Cl)cc(C(=O)N[C@@H]2CN(C(C)C)C[C@H]2OC)cc1Cl. The molecule has 1 amide bonds. The average molecular weight is 361 g/mol. The molecule has 2 rings (SSSR count). The van der Waals surface area contributed by atoms with Crippen molar-refractivity contribution in [2.24, 2.45) is 0 Å². The molecule has 0 radical (unpaired) electrons. The minimum absolute atomic E-state index is 0.0365. The number of methoxy groups -OCH3 is 2. The molecule has 0 saturated carbocycles. The summed E-state index contributed by atoms with van der Waals surface area (Å²) in [6.45, 7) is 5.79. The Labute approximate surface area is 146 Å². The first-order chi connectivity index (χ1) is 10.9. The van der Waals surface area contributed by atoms with Crippen LogP contribution in [0.3, 0.4) is 0 Å². The van der Waals surface area contributed by atoms with Gasteiger partial charge in [0.05, 0.1) is 29.3 Å². The third-order valence-corrected chi connectivity index (χ3v) is 4.67. The quantitative estimate of drug-likeness (QED) is 0.876. The lowest BCUT2D eigenvalue weighted by atomic mass is 10.1. The van der Waals surface area contributed by atoms with Gasteiger partial charge in [0.25, 0.3) is 5.91 Å². The number of amides is 1. The maximum atomic E-state index is 12.5. The van der Waals surface area contributed by atoms with Gasteiger partial charge in [-0.3, -0.25) is 9.69 Å². The number of benzene rings is 1. The van der Waals surface area contributed by atoms with Crippen molar-refractivity contribution in [3.05, 3.63) is 27.7 Å². The zero-order valence-corrected chi connectivity index (χ0v) is 15.2. The van der Waals surface area contributed by atoms with Crippen LogP contribution in [-0.4, -0.2) is 56.3 Å². The number of carbonyl (C=O) groups is 1. The second kappa shape index (κ2) is 7.71. The fraction of sp³-hybridized carbons (Fsp3) is 0.562. The van der Waals surface area contributed by atoms with E-state index in [-0.39, 0.29) is 18.1 Å². The van der Waals surface area contributed by atoms with Gasteiger partial charge in [0.1, 0.15) is 0 Å². The lowest BCUT2D eigenvalue weighted by molar-refractivity contribution is 0.0753. The van der Waals surface area contributed by atoms with Gasteiger partial charge in [-0.2, -0.15) is 0 Å². The normalized spacial score (nSPS) is 21.7. The Morgan fingerprint density at radius 2 is 1.87 bits per heavy atom. The van der Waals surface area contributed by atoms with Gasteiger partial charge in [-0.1, -0.05) is 23.2 Å². The van der Waals surface area contributed by atoms with Crippen molar-refractivity contribution in [1.82, 2.24) is 10.2 Å². The van der Waals surface area contributed by atoms with E-state index in [1.54, 1.807) is 19.2 Å². The number of nitrogens with one attached hydrogen (secondary N) is 1. The average Bonchev–Trinajstić information content (AvgIpc) is 2.90. The second-order valence-electron chi connectivity index (χ2n) is 5.87. The van der Waals surface area contributed by atoms with Crippen molar-refractivity contribution in [3.63, 3.8) is 0 Å². The monoisotopic (exact) mass is 360 g/mol. The third kappa shape index (κ3) is 4.10. The molecule has 0 unspecified atom stereocenters. The first-order valence-corrected chi connectivity index (χ1v) is 8.23. The first-order valence-electron chi connectivity index (χ1n) is 7.48. The molecule has 0 aromatic heterocycles. The summed E-state index contributed by atoms with van der Waals surface area (Å²) in [5.74, 6) is 0.139. The summed E-state index contributed by atoms with van der Waals surface area (Å²) in [5.41, 5.74) is 0.402. The Balaban J connectivity index is 2.12. The van der Waals surface area contributed by atoms with Gasteiger partial charge < -0.3 is 14.8 Å². The Hall–Kier alpha value is -1.01. The summed E-state index contributed by atoms with van der Waals surface area (Å²) in [5, 5.41) is 3.63. The van der Waals surface area contributed by atoms with Gasteiger partial charge >= 0.3 is 0 Å². The maximum Gasteiger partial charge on any atom is 0.251 e. The molecule has 7 heteroatoms. The minimum atomic E-state index is -0.228. The largest absolute Gasteiger partial charge is 0.494 e. The smallest absolute Gasteiger partial charge is 0.251 e. The van der Waals surface area contributed by atoms with Crippen LogP contribution in [0.4, 0.5) is 0 Å². The van der Waals surface area contributed by atoms with Crippen LogP contribution in [-0.2, 0) is 4.74 Å². The fourth-order valence-corrected chi connectivity index (χ4v) is 3.38. The Morgan fingerprint density at radius 3 is 2.35 bits per heavy atom. The molecule has 1 saturated heterocycles. The molecule has 1 aromatic rings. The van der Waals surface area contributed by atoms with Crippen molar-refractivity contribution in [3.8, 4) is 5.75 Å². The molecular formula is C16H22Cl2N2O3. The zero-order chi connectivity index (χ0) is 17.1. The molecule has 1 aliphatic heterocycles. The molecule has 1 heterocycles. The van der Waals surface area contributed by atoms with E-state index in [0.29, 0.717) is 27.4 Å². The highest BCUT2D eigenvalue weighted by Crippen LogP contribution is 2.33. The molecule has 0 bridgehead atoms. The molecule has 23 heavy (non-hydrogen) atoms. The van der Waals surface area contributed by atoms with Crippen LogP contribution in [0.2, 0.25) is 10.0 Å². The van der Waals surface area contributed by atoms with Crippen LogP contribution >= 0.6 is 23.2 Å². The highest BCUT2D eigenvalue weighted by Gasteiger charge is 2.35. The zero-order valence-electron chi connectivity index (χ0n) is 13.7. The summed E-state index contributed by atoms with van der Waals surface area (Å²) >= 11 is 12.2. The first kappa shape index (κ1) is 18.3. The second-order valence-corrected chi connectivity index (χ2v) is 6.69. The minimum Gasteiger partial charge on any atom is -0.494 e. The van der Waals surface area contributed by atoms with E-state index in [9.17, 15) is 4.79 Å². The molecule has 1 aromatic carbocycles. The molecule has 0 aliphatic carbocycles. The molecule has 1 aliphatic rings. The van der Waals surface area contributed by atoms with Gasteiger partial charge in [0, 0.05) is 31.8 Å².